The van der Waals surface area contributed by atoms with Crippen LogP contribution in [0.3, 0.4) is 0 Å². The summed E-state index contributed by atoms with van der Waals surface area (Å²) in [5.41, 5.74) is 2.06. The summed E-state index contributed by atoms with van der Waals surface area (Å²) in [6.07, 6.45) is -0.0236. The molecule has 0 atom stereocenters. The number of hydrogen-bond donors (Lipinski definition) is 0. The van der Waals surface area contributed by atoms with Crippen molar-refractivity contribution >= 4 is 40.1 Å². The van der Waals surface area contributed by atoms with Gasteiger partial charge in [-0.3, -0.25) is 4.79 Å². The van der Waals surface area contributed by atoms with Crippen LogP contribution >= 0.6 is 11.7 Å². The van der Waals surface area contributed by atoms with E-state index in [1.165, 1.54) is 34.5 Å². The SMILES string of the molecule is COc1ccc(CC(C(=O)c2ccc(OC)c(OC)c2)=C(C(=O)[O-])c2ccc3nsnc3c2)cc1OC.[Na+]. The third-order valence-corrected chi connectivity index (χ3v) is 6.35. The minimum atomic E-state index is -1.49. The van der Waals surface area contributed by atoms with Crippen molar-refractivity contribution in [2.45, 2.75) is 6.42 Å². The molecule has 3 aromatic carbocycles. The van der Waals surface area contributed by atoms with Crippen LogP contribution in [0.25, 0.3) is 16.6 Å². The van der Waals surface area contributed by atoms with E-state index in [1.807, 2.05) is 0 Å². The van der Waals surface area contributed by atoms with Crippen LogP contribution in [0.2, 0.25) is 0 Å². The summed E-state index contributed by atoms with van der Waals surface area (Å²) in [5.74, 6) is -0.277. The molecule has 0 unspecified atom stereocenters. The van der Waals surface area contributed by atoms with Gasteiger partial charge < -0.3 is 28.8 Å². The summed E-state index contributed by atoms with van der Waals surface area (Å²) in [5, 5.41) is 12.5. The molecule has 4 aromatic rings. The Bertz CT molecular complexity index is 1520. The second-order valence-electron chi connectivity index (χ2n) is 7.87. The molecule has 0 radical (unpaired) electrons. The second kappa shape index (κ2) is 12.9. The summed E-state index contributed by atoms with van der Waals surface area (Å²) < 4.78 is 29.7. The predicted molar refractivity (Wildman–Crippen MR) is 136 cm³/mol. The van der Waals surface area contributed by atoms with Gasteiger partial charge in [0.05, 0.1) is 46.1 Å². The average molecular weight is 543 g/mol. The van der Waals surface area contributed by atoms with Gasteiger partial charge in [-0.05, 0) is 53.6 Å². The van der Waals surface area contributed by atoms with Crippen molar-refractivity contribution in [1.82, 2.24) is 8.75 Å². The fourth-order valence-corrected chi connectivity index (χ4v) is 4.50. The maximum absolute atomic E-state index is 13.9. The van der Waals surface area contributed by atoms with E-state index in [4.69, 9.17) is 18.9 Å². The van der Waals surface area contributed by atoms with Crippen LogP contribution in [-0.4, -0.2) is 48.9 Å². The zero-order valence-electron chi connectivity index (χ0n) is 21.6. The van der Waals surface area contributed by atoms with E-state index in [2.05, 4.69) is 8.75 Å². The van der Waals surface area contributed by atoms with Crippen LogP contribution in [-0.2, 0) is 11.2 Å². The number of methoxy groups -OCH3 is 4. The number of fused-ring (bicyclic) bond motifs is 1. The van der Waals surface area contributed by atoms with E-state index in [-0.39, 0.29) is 58.3 Å². The van der Waals surface area contributed by atoms with Crippen molar-refractivity contribution < 1.29 is 63.2 Å². The van der Waals surface area contributed by atoms with Crippen molar-refractivity contribution in [2.24, 2.45) is 0 Å². The molecule has 0 amide bonds. The number of aromatic nitrogens is 2. The first kappa shape index (κ1) is 29.1. The van der Waals surface area contributed by atoms with Crippen molar-refractivity contribution in [3.05, 3.63) is 76.9 Å². The number of rotatable bonds is 10. The van der Waals surface area contributed by atoms with Gasteiger partial charge in [0, 0.05) is 23.1 Å². The van der Waals surface area contributed by atoms with E-state index in [9.17, 15) is 14.7 Å². The first-order chi connectivity index (χ1) is 17.9. The zero-order valence-corrected chi connectivity index (χ0v) is 24.4. The quantitative estimate of drug-likeness (QED) is 0.159. The van der Waals surface area contributed by atoms with Gasteiger partial charge in [0.2, 0.25) is 0 Å². The number of aliphatic carboxylic acids is 1. The number of ketones is 1. The molecule has 9 nitrogen and oxygen atoms in total. The van der Waals surface area contributed by atoms with E-state index >= 15 is 0 Å². The van der Waals surface area contributed by atoms with Crippen molar-refractivity contribution in [1.29, 1.82) is 0 Å². The molecule has 0 N–H and O–H groups in total. The van der Waals surface area contributed by atoms with E-state index in [1.54, 1.807) is 48.5 Å². The number of hydrogen-bond acceptors (Lipinski definition) is 10. The minimum Gasteiger partial charge on any atom is -0.545 e. The smallest absolute Gasteiger partial charge is 0.545 e. The van der Waals surface area contributed by atoms with Gasteiger partial charge in [-0.1, -0.05) is 12.1 Å². The van der Waals surface area contributed by atoms with E-state index in [0.29, 0.717) is 39.6 Å². The number of ether oxygens (including phenoxy) is 4. The number of Topliss-reactive ketones (excluding diaryl/α,β-unsaturated/α-hetero) is 1. The average Bonchev–Trinajstić information content (AvgIpc) is 3.39. The fraction of sp³-hybridized carbons (Fsp3) is 0.185. The summed E-state index contributed by atoms with van der Waals surface area (Å²) in [6, 6.07) is 14.6. The first-order valence-electron chi connectivity index (χ1n) is 11.0. The van der Waals surface area contributed by atoms with Crippen LogP contribution in [0.4, 0.5) is 0 Å². The van der Waals surface area contributed by atoms with Crippen molar-refractivity contribution in [3.8, 4) is 23.0 Å². The van der Waals surface area contributed by atoms with Crippen molar-refractivity contribution in [2.75, 3.05) is 28.4 Å². The molecular weight excluding hydrogens is 519 g/mol. The van der Waals surface area contributed by atoms with Gasteiger partial charge in [0.25, 0.3) is 0 Å². The molecule has 190 valence electrons. The van der Waals surface area contributed by atoms with Crippen molar-refractivity contribution in [3.63, 3.8) is 0 Å². The topological polar surface area (TPSA) is 120 Å². The Balaban J connectivity index is 0.00000400. The van der Waals surface area contributed by atoms with E-state index in [0.717, 1.165) is 11.7 Å². The van der Waals surface area contributed by atoms with Crippen LogP contribution in [0, 0.1) is 0 Å². The molecule has 1 heterocycles. The van der Waals surface area contributed by atoms with Crippen LogP contribution in [0.1, 0.15) is 21.5 Å². The largest absolute Gasteiger partial charge is 1.00 e. The normalized spacial score (nSPS) is 11.3. The summed E-state index contributed by atoms with van der Waals surface area (Å²) in [6.45, 7) is 0. The Morgan fingerprint density at radius 1 is 0.737 bits per heavy atom. The molecular formula is C27H23N2NaO7S. The molecule has 0 aliphatic rings. The molecule has 0 saturated carbocycles. The Labute approximate surface area is 245 Å². The van der Waals surface area contributed by atoms with Gasteiger partial charge >= 0.3 is 29.6 Å². The summed E-state index contributed by atoms with van der Waals surface area (Å²) in [7, 11) is 5.95. The minimum absolute atomic E-state index is 0. The number of carbonyl (C=O) groups is 2. The van der Waals surface area contributed by atoms with E-state index < -0.39 is 11.8 Å². The van der Waals surface area contributed by atoms with Gasteiger partial charge in [-0.25, -0.2) is 0 Å². The fourth-order valence-electron chi connectivity index (χ4n) is 3.98. The Morgan fingerprint density at radius 3 is 1.95 bits per heavy atom. The van der Waals surface area contributed by atoms with Gasteiger partial charge in [-0.15, -0.1) is 0 Å². The van der Waals surface area contributed by atoms with Crippen LogP contribution < -0.4 is 53.6 Å². The predicted octanol–water partition coefficient (Wildman–Crippen LogP) is 0.359. The first-order valence-corrected chi connectivity index (χ1v) is 11.8. The number of benzene rings is 3. The van der Waals surface area contributed by atoms with Crippen LogP contribution in [0.15, 0.2) is 60.2 Å². The molecule has 0 saturated heterocycles. The molecule has 38 heavy (non-hydrogen) atoms. The number of carboxylic acid groups (broad SMARTS) is 1. The number of carbonyl (C=O) groups excluding carboxylic acids is 2. The number of nitrogens with zero attached hydrogens (tertiary/aromatic N) is 2. The molecule has 4 rings (SSSR count). The Morgan fingerprint density at radius 2 is 1.32 bits per heavy atom. The molecule has 0 fully saturated rings. The molecule has 0 spiro atoms. The third-order valence-electron chi connectivity index (χ3n) is 5.80. The monoisotopic (exact) mass is 542 g/mol. The molecule has 0 bridgehead atoms. The standard InChI is InChI=1S/C27H24N2O7S.Na/c1-33-21-9-5-15(12-23(21)35-3)11-18(26(30)17-7-10-22(34-2)24(14-17)36-4)25(27(31)32)16-6-8-19-20(13-16)29-37-28-19;/h5-10,12-14H,11H2,1-4H3,(H,31,32);/q;+1/p-1. The Kier molecular flexibility index (Phi) is 9.87. The molecule has 1 aromatic heterocycles. The summed E-state index contributed by atoms with van der Waals surface area (Å²) >= 11 is 1.01. The number of allylic oxidation sites excluding steroid dienone is 1. The maximum Gasteiger partial charge on any atom is 1.00 e. The van der Waals surface area contributed by atoms with Gasteiger partial charge in [-0.2, -0.15) is 8.75 Å². The number of carboxylic acids is 1. The van der Waals surface area contributed by atoms with Gasteiger partial charge in [0.15, 0.2) is 28.8 Å². The maximum atomic E-state index is 13.9. The van der Waals surface area contributed by atoms with Gasteiger partial charge in [0.1, 0.15) is 11.0 Å². The molecule has 0 aliphatic carbocycles. The van der Waals surface area contributed by atoms with Crippen LogP contribution in [0.5, 0.6) is 23.0 Å². The zero-order chi connectivity index (χ0) is 26.5. The molecule has 0 aliphatic heterocycles. The second-order valence-corrected chi connectivity index (χ2v) is 8.40. The third kappa shape index (κ3) is 5.99. The molecule has 11 heteroatoms. The Hall–Kier alpha value is -3.44. The summed E-state index contributed by atoms with van der Waals surface area (Å²) in [4.78, 5) is 26.4.